The van der Waals surface area contributed by atoms with E-state index >= 15 is 0 Å². The lowest BCUT2D eigenvalue weighted by atomic mass is 10.2. The molecule has 1 aromatic rings. The van der Waals surface area contributed by atoms with Crippen molar-refractivity contribution in [2.45, 2.75) is 32.4 Å². The zero-order valence-electron chi connectivity index (χ0n) is 12.0. The normalized spacial score (nSPS) is 14.1. The highest BCUT2D eigenvalue weighted by Crippen LogP contribution is 2.19. The summed E-state index contributed by atoms with van der Waals surface area (Å²) in [6.07, 6.45) is 2.52. The highest BCUT2D eigenvalue weighted by Gasteiger charge is 2.23. The van der Waals surface area contributed by atoms with E-state index < -0.39 is 0 Å². The van der Waals surface area contributed by atoms with Crippen LogP contribution < -0.4 is 10.2 Å². The van der Waals surface area contributed by atoms with Crippen LogP contribution in [0.5, 0.6) is 0 Å². The number of nitrogens with one attached hydrogen (secondary N) is 1. The van der Waals surface area contributed by atoms with E-state index in [0.29, 0.717) is 6.04 Å². The number of hydrogen-bond acceptors (Lipinski definition) is 2. The van der Waals surface area contributed by atoms with E-state index in [1.54, 1.807) is 0 Å². The Balaban J connectivity index is 1.94. The number of hydrogen-bond donors (Lipinski definition) is 1. The summed E-state index contributed by atoms with van der Waals surface area (Å²) in [5.74, 6) is 0. The van der Waals surface area contributed by atoms with Crippen LogP contribution in [0.4, 0.5) is 5.69 Å². The molecule has 0 aliphatic heterocycles. The van der Waals surface area contributed by atoms with Crippen molar-refractivity contribution < 1.29 is 0 Å². The lowest BCUT2D eigenvalue weighted by Gasteiger charge is -2.24. The van der Waals surface area contributed by atoms with Crippen molar-refractivity contribution in [3.63, 3.8) is 0 Å². The van der Waals surface area contributed by atoms with Gasteiger partial charge in [0, 0.05) is 38.9 Å². The van der Waals surface area contributed by atoms with Crippen LogP contribution in [0.1, 0.15) is 25.3 Å². The highest BCUT2D eigenvalue weighted by atomic mass is 32.1. The maximum absolute atomic E-state index is 5.46. The Hall–Kier alpha value is -1.29. The van der Waals surface area contributed by atoms with E-state index in [9.17, 15) is 0 Å². The molecular weight excluding hydrogens is 254 g/mol. The fourth-order valence-electron chi connectivity index (χ4n) is 1.94. The largest absolute Gasteiger partial charge is 0.378 e. The summed E-state index contributed by atoms with van der Waals surface area (Å²) in [5, 5.41) is 4.29. The van der Waals surface area contributed by atoms with Crippen molar-refractivity contribution in [2.24, 2.45) is 0 Å². The maximum Gasteiger partial charge on any atom is 0.169 e. The molecule has 3 nitrogen and oxygen atoms in total. The van der Waals surface area contributed by atoms with Gasteiger partial charge in [0.15, 0.2) is 5.11 Å². The van der Waals surface area contributed by atoms with Gasteiger partial charge in [-0.2, -0.15) is 0 Å². The minimum absolute atomic E-state index is 0.623. The number of anilines is 1. The van der Waals surface area contributed by atoms with Crippen LogP contribution >= 0.6 is 12.2 Å². The first-order chi connectivity index (χ1) is 9.10. The van der Waals surface area contributed by atoms with Crippen molar-refractivity contribution >= 4 is 23.0 Å². The first-order valence-electron chi connectivity index (χ1n) is 6.92. The summed E-state index contributed by atoms with van der Waals surface area (Å²) in [4.78, 5) is 4.33. The van der Waals surface area contributed by atoms with Gasteiger partial charge in [-0.3, -0.25) is 0 Å². The second kappa shape index (κ2) is 6.24. The molecule has 2 rings (SSSR count). The van der Waals surface area contributed by atoms with Crippen molar-refractivity contribution in [3.8, 4) is 0 Å². The number of benzene rings is 1. The summed E-state index contributed by atoms with van der Waals surface area (Å²) in [5.41, 5.74) is 2.53. The van der Waals surface area contributed by atoms with Gasteiger partial charge in [0.1, 0.15) is 0 Å². The van der Waals surface area contributed by atoms with Crippen molar-refractivity contribution in [1.29, 1.82) is 0 Å². The number of nitrogens with zero attached hydrogens (tertiary/aromatic N) is 2. The topological polar surface area (TPSA) is 18.5 Å². The molecule has 0 saturated heterocycles. The van der Waals surface area contributed by atoms with E-state index in [0.717, 1.165) is 18.2 Å². The lowest BCUT2D eigenvalue weighted by molar-refractivity contribution is 0.426. The SMILES string of the molecule is CCN(Cc1ccc(N(C)C)cc1)C(=S)NC1CC1. The second-order valence-electron chi connectivity index (χ2n) is 5.30. The van der Waals surface area contributed by atoms with Crippen LogP contribution in [0, 0.1) is 0 Å². The van der Waals surface area contributed by atoms with Crippen molar-refractivity contribution in [1.82, 2.24) is 10.2 Å². The molecule has 19 heavy (non-hydrogen) atoms. The zero-order valence-corrected chi connectivity index (χ0v) is 12.8. The molecule has 1 aliphatic rings. The fraction of sp³-hybridized carbons (Fsp3) is 0.533. The molecule has 0 radical (unpaired) electrons. The average Bonchev–Trinajstić information content (AvgIpc) is 3.20. The molecule has 0 spiro atoms. The monoisotopic (exact) mass is 277 g/mol. The van der Waals surface area contributed by atoms with Crippen LogP contribution in [0.25, 0.3) is 0 Å². The van der Waals surface area contributed by atoms with Crippen LogP contribution in [0.3, 0.4) is 0 Å². The molecule has 0 amide bonds. The Morgan fingerprint density at radius 1 is 1.26 bits per heavy atom. The molecule has 1 aromatic carbocycles. The molecule has 0 bridgehead atoms. The number of thiocarbonyl (C=S) groups is 1. The van der Waals surface area contributed by atoms with Gasteiger partial charge in [0.05, 0.1) is 0 Å². The standard InChI is InChI=1S/C15H23N3S/c1-4-18(15(19)16-13-7-8-13)11-12-5-9-14(10-6-12)17(2)3/h5-6,9-10,13H,4,7-8,11H2,1-3H3,(H,16,19). The van der Waals surface area contributed by atoms with Crippen LogP contribution in [-0.4, -0.2) is 36.7 Å². The summed E-state index contributed by atoms with van der Waals surface area (Å²) < 4.78 is 0. The summed E-state index contributed by atoms with van der Waals surface area (Å²) in [6.45, 7) is 3.96. The van der Waals surface area contributed by atoms with E-state index in [1.165, 1.54) is 24.1 Å². The summed E-state index contributed by atoms with van der Waals surface area (Å²) in [6, 6.07) is 9.29. The Morgan fingerprint density at radius 2 is 1.89 bits per heavy atom. The minimum atomic E-state index is 0.623. The summed E-state index contributed by atoms with van der Waals surface area (Å²) in [7, 11) is 4.12. The van der Waals surface area contributed by atoms with E-state index in [2.05, 4.69) is 60.4 Å². The Kier molecular flexibility index (Phi) is 4.64. The van der Waals surface area contributed by atoms with E-state index in [-0.39, 0.29) is 0 Å². The third-order valence-electron chi connectivity index (χ3n) is 3.40. The molecule has 1 aliphatic carbocycles. The molecule has 4 heteroatoms. The van der Waals surface area contributed by atoms with Gasteiger partial charge < -0.3 is 15.1 Å². The smallest absolute Gasteiger partial charge is 0.169 e. The quantitative estimate of drug-likeness (QED) is 0.834. The van der Waals surface area contributed by atoms with Gasteiger partial charge in [-0.15, -0.1) is 0 Å². The molecule has 0 atom stereocenters. The van der Waals surface area contributed by atoms with Crippen molar-refractivity contribution in [3.05, 3.63) is 29.8 Å². The lowest BCUT2D eigenvalue weighted by Crippen LogP contribution is -2.40. The van der Waals surface area contributed by atoms with Gasteiger partial charge in [-0.1, -0.05) is 12.1 Å². The zero-order chi connectivity index (χ0) is 13.8. The molecular formula is C15H23N3S. The van der Waals surface area contributed by atoms with Crippen LogP contribution in [0.15, 0.2) is 24.3 Å². The van der Waals surface area contributed by atoms with Crippen molar-refractivity contribution in [2.75, 3.05) is 25.5 Å². The third kappa shape index (κ3) is 4.10. The van der Waals surface area contributed by atoms with E-state index in [1.807, 2.05) is 0 Å². The Morgan fingerprint density at radius 3 is 2.37 bits per heavy atom. The summed E-state index contributed by atoms with van der Waals surface area (Å²) >= 11 is 5.46. The first-order valence-corrected chi connectivity index (χ1v) is 7.32. The fourth-order valence-corrected chi connectivity index (χ4v) is 2.30. The molecule has 0 unspecified atom stereocenters. The predicted molar refractivity (Wildman–Crippen MR) is 85.6 cm³/mol. The maximum atomic E-state index is 5.46. The highest BCUT2D eigenvalue weighted by molar-refractivity contribution is 7.80. The Labute approximate surface area is 121 Å². The molecule has 0 heterocycles. The van der Waals surface area contributed by atoms with Crippen LogP contribution in [0.2, 0.25) is 0 Å². The van der Waals surface area contributed by atoms with Gasteiger partial charge in [-0.05, 0) is 49.7 Å². The van der Waals surface area contributed by atoms with Gasteiger partial charge in [-0.25, -0.2) is 0 Å². The molecule has 1 saturated carbocycles. The predicted octanol–water partition coefficient (Wildman–Crippen LogP) is 2.61. The first kappa shape index (κ1) is 14.1. The Bertz CT molecular complexity index is 424. The molecule has 1 N–H and O–H groups in total. The average molecular weight is 277 g/mol. The minimum Gasteiger partial charge on any atom is -0.378 e. The second-order valence-corrected chi connectivity index (χ2v) is 5.69. The van der Waals surface area contributed by atoms with E-state index in [4.69, 9.17) is 12.2 Å². The molecule has 104 valence electrons. The van der Waals surface area contributed by atoms with Gasteiger partial charge in [0.2, 0.25) is 0 Å². The van der Waals surface area contributed by atoms with Gasteiger partial charge in [0.25, 0.3) is 0 Å². The number of rotatable bonds is 5. The van der Waals surface area contributed by atoms with Crippen LogP contribution in [-0.2, 0) is 6.54 Å². The molecule has 1 fully saturated rings. The third-order valence-corrected chi connectivity index (χ3v) is 3.78. The molecule has 0 aromatic heterocycles. The van der Waals surface area contributed by atoms with Gasteiger partial charge >= 0.3 is 0 Å².